The molecule has 3 aromatic rings. The van der Waals surface area contributed by atoms with Gasteiger partial charge in [-0.1, -0.05) is 55.8 Å². The van der Waals surface area contributed by atoms with Gasteiger partial charge in [-0.25, -0.2) is 9.97 Å². The molecule has 4 heteroatoms. The first kappa shape index (κ1) is 20.1. The van der Waals surface area contributed by atoms with E-state index in [-0.39, 0.29) is 6.04 Å². The molecule has 1 N–H and O–H groups in total. The summed E-state index contributed by atoms with van der Waals surface area (Å²) in [5.41, 5.74) is 7.75. The Morgan fingerprint density at radius 1 is 1.00 bits per heavy atom. The second-order valence-electron chi connectivity index (χ2n) is 8.35. The maximum Gasteiger partial charge on any atom is 0.226 e. The third kappa shape index (κ3) is 4.09. The van der Waals surface area contributed by atoms with Gasteiger partial charge in [-0.2, -0.15) is 0 Å². The normalized spacial score (nSPS) is 15.6. The van der Waals surface area contributed by atoms with E-state index in [0.717, 1.165) is 18.9 Å². The molecule has 0 fully saturated rings. The Balaban J connectivity index is 1.93. The van der Waals surface area contributed by atoms with E-state index < -0.39 is 0 Å². The van der Waals surface area contributed by atoms with Gasteiger partial charge in [0.05, 0.1) is 6.04 Å². The minimum atomic E-state index is 0.0313. The molecule has 2 aromatic heterocycles. The number of hydrogen-bond donors (Lipinski definition) is 1. The molecule has 1 aliphatic heterocycles. The number of nitrogens with one attached hydrogen (secondary N) is 1. The van der Waals surface area contributed by atoms with Gasteiger partial charge in [-0.3, -0.25) is 0 Å². The highest BCUT2D eigenvalue weighted by molar-refractivity contribution is 5.49. The Labute approximate surface area is 179 Å². The first-order valence-electron chi connectivity index (χ1n) is 10.7. The minimum absolute atomic E-state index is 0.0313. The average molecular weight is 399 g/mol. The number of aromatic nitrogens is 3. The number of benzene rings is 1. The van der Waals surface area contributed by atoms with Crippen LogP contribution < -0.4 is 4.90 Å². The van der Waals surface area contributed by atoms with E-state index in [1.165, 1.54) is 33.5 Å². The SMILES string of the molecule is Cc1ccc[nH]c2c(c(C)c1)CCN(c1ncccn1)C2c1ccc(C(C)C)cc1. The zero-order valence-electron chi connectivity index (χ0n) is 18.3. The fourth-order valence-electron chi connectivity index (χ4n) is 4.27. The molecular weight excluding hydrogens is 368 g/mol. The molecule has 3 heterocycles. The van der Waals surface area contributed by atoms with Crippen molar-refractivity contribution in [3.63, 3.8) is 0 Å². The van der Waals surface area contributed by atoms with Crippen molar-refractivity contribution in [3.05, 3.63) is 101 Å². The van der Waals surface area contributed by atoms with Crippen molar-refractivity contribution in [2.75, 3.05) is 11.4 Å². The summed E-state index contributed by atoms with van der Waals surface area (Å²) in [6.45, 7) is 9.70. The predicted molar refractivity (Wildman–Crippen MR) is 123 cm³/mol. The number of fused-ring (bicyclic) bond motifs is 1. The molecule has 1 unspecified atom stereocenters. The number of H-pyrrole nitrogens is 1. The molecular formula is C26H30N4. The van der Waals surface area contributed by atoms with Crippen LogP contribution in [0, 0.1) is 13.8 Å². The van der Waals surface area contributed by atoms with Crippen LogP contribution in [0.5, 0.6) is 0 Å². The lowest BCUT2D eigenvalue weighted by atomic mass is 9.89. The Bertz CT molecular complexity index is 1050. The van der Waals surface area contributed by atoms with Crippen LogP contribution in [0.4, 0.5) is 5.95 Å². The Hall–Kier alpha value is -3.14. The summed E-state index contributed by atoms with van der Waals surface area (Å²) < 4.78 is 0. The van der Waals surface area contributed by atoms with Crippen molar-refractivity contribution in [1.29, 1.82) is 0 Å². The molecule has 154 valence electrons. The van der Waals surface area contributed by atoms with Gasteiger partial charge < -0.3 is 9.88 Å². The molecule has 1 aromatic carbocycles. The van der Waals surface area contributed by atoms with Crippen LogP contribution in [-0.2, 0) is 6.42 Å². The Morgan fingerprint density at radius 2 is 1.73 bits per heavy atom. The summed E-state index contributed by atoms with van der Waals surface area (Å²) in [5, 5.41) is 0. The smallest absolute Gasteiger partial charge is 0.226 e. The van der Waals surface area contributed by atoms with Gasteiger partial charge in [0.15, 0.2) is 0 Å². The highest BCUT2D eigenvalue weighted by atomic mass is 15.3. The number of aryl methyl sites for hydroxylation is 2. The largest absolute Gasteiger partial charge is 0.363 e. The summed E-state index contributed by atoms with van der Waals surface area (Å²) in [4.78, 5) is 15.1. The zero-order chi connectivity index (χ0) is 21.1. The van der Waals surface area contributed by atoms with Gasteiger partial charge in [0.2, 0.25) is 5.95 Å². The van der Waals surface area contributed by atoms with E-state index in [0.29, 0.717) is 5.92 Å². The lowest BCUT2D eigenvalue weighted by molar-refractivity contribution is 0.616. The van der Waals surface area contributed by atoms with Crippen LogP contribution in [0.15, 0.2) is 67.1 Å². The van der Waals surface area contributed by atoms with Crippen molar-refractivity contribution < 1.29 is 0 Å². The maximum absolute atomic E-state index is 4.57. The summed E-state index contributed by atoms with van der Waals surface area (Å²) in [7, 11) is 0. The molecule has 0 spiro atoms. The molecule has 1 aliphatic rings. The average Bonchev–Trinajstić information content (AvgIpc) is 2.83. The van der Waals surface area contributed by atoms with Gasteiger partial charge in [-0.05, 0) is 60.6 Å². The third-order valence-corrected chi connectivity index (χ3v) is 5.86. The van der Waals surface area contributed by atoms with Crippen LogP contribution in [0.1, 0.15) is 59.3 Å². The van der Waals surface area contributed by atoms with Crippen molar-refractivity contribution in [1.82, 2.24) is 15.0 Å². The molecule has 0 amide bonds. The maximum atomic E-state index is 4.57. The van der Waals surface area contributed by atoms with Crippen molar-refractivity contribution in [2.24, 2.45) is 0 Å². The van der Waals surface area contributed by atoms with Gasteiger partial charge in [0, 0.05) is 30.8 Å². The second kappa shape index (κ2) is 8.70. The van der Waals surface area contributed by atoms with Crippen LogP contribution in [0.3, 0.4) is 0 Å². The summed E-state index contributed by atoms with van der Waals surface area (Å²) >= 11 is 0. The van der Waals surface area contributed by atoms with E-state index in [1.54, 1.807) is 0 Å². The first-order chi connectivity index (χ1) is 14.5. The van der Waals surface area contributed by atoms with Gasteiger partial charge >= 0.3 is 0 Å². The van der Waals surface area contributed by atoms with E-state index >= 15 is 0 Å². The van der Waals surface area contributed by atoms with Crippen molar-refractivity contribution in [2.45, 2.75) is 46.1 Å². The lowest BCUT2D eigenvalue weighted by Crippen LogP contribution is -2.38. The fraction of sp³-hybridized carbons (Fsp3) is 0.308. The summed E-state index contributed by atoms with van der Waals surface area (Å²) in [5.74, 6) is 1.28. The first-order valence-corrected chi connectivity index (χ1v) is 10.7. The second-order valence-corrected chi connectivity index (χ2v) is 8.35. The fourth-order valence-corrected chi connectivity index (χ4v) is 4.27. The predicted octanol–water partition coefficient (Wildman–Crippen LogP) is 5.82. The molecule has 4 nitrogen and oxygen atoms in total. The quantitative estimate of drug-likeness (QED) is 0.604. The number of hydrogen-bond acceptors (Lipinski definition) is 3. The number of anilines is 1. The van der Waals surface area contributed by atoms with E-state index in [2.05, 4.69) is 90.0 Å². The van der Waals surface area contributed by atoms with E-state index in [4.69, 9.17) is 0 Å². The number of rotatable bonds is 3. The minimum Gasteiger partial charge on any atom is -0.363 e. The number of nitrogens with zero attached hydrogens (tertiary/aromatic N) is 3. The number of aromatic amines is 1. The Morgan fingerprint density at radius 3 is 2.43 bits per heavy atom. The standard InChI is InChI=1S/C26H30N4/c1-18(2)21-8-10-22(11-9-21)25-24-23(20(4)17-19(3)7-5-13-27-24)12-16-30(25)26-28-14-6-15-29-26/h5-11,13-15,17-18,25,27H,12,16H2,1-4H3. The van der Waals surface area contributed by atoms with E-state index in [9.17, 15) is 0 Å². The Kier molecular flexibility index (Phi) is 5.84. The van der Waals surface area contributed by atoms with Crippen LogP contribution in [-0.4, -0.2) is 21.5 Å². The highest BCUT2D eigenvalue weighted by Crippen LogP contribution is 2.36. The molecule has 0 saturated heterocycles. The third-order valence-electron chi connectivity index (χ3n) is 5.86. The van der Waals surface area contributed by atoms with Gasteiger partial charge in [0.25, 0.3) is 0 Å². The van der Waals surface area contributed by atoms with Crippen molar-refractivity contribution in [3.8, 4) is 0 Å². The van der Waals surface area contributed by atoms with E-state index in [1.807, 2.05) is 24.7 Å². The molecule has 1 atom stereocenters. The monoisotopic (exact) mass is 398 g/mol. The molecule has 0 bridgehead atoms. The molecule has 0 saturated carbocycles. The van der Waals surface area contributed by atoms with Crippen LogP contribution in [0.2, 0.25) is 0 Å². The molecule has 30 heavy (non-hydrogen) atoms. The highest BCUT2D eigenvalue weighted by Gasteiger charge is 2.31. The molecule has 0 radical (unpaired) electrons. The van der Waals surface area contributed by atoms with Crippen molar-refractivity contribution >= 4 is 5.95 Å². The molecule has 0 aliphatic carbocycles. The topological polar surface area (TPSA) is 44.8 Å². The van der Waals surface area contributed by atoms with Gasteiger partial charge in [0.1, 0.15) is 0 Å². The molecule has 4 rings (SSSR count). The van der Waals surface area contributed by atoms with Crippen LogP contribution >= 0.6 is 0 Å². The summed E-state index contributed by atoms with van der Waals surface area (Å²) in [6.07, 6.45) is 6.63. The van der Waals surface area contributed by atoms with Gasteiger partial charge in [-0.15, -0.1) is 0 Å². The lowest BCUT2D eigenvalue weighted by Gasteiger charge is -2.37. The van der Waals surface area contributed by atoms with Crippen LogP contribution in [0.25, 0.3) is 0 Å². The summed E-state index contributed by atoms with van der Waals surface area (Å²) in [6, 6.07) is 17.4. The zero-order valence-corrected chi connectivity index (χ0v) is 18.3.